The van der Waals surface area contributed by atoms with Crippen molar-refractivity contribution in [3.05, 3.63) is 66.5 Å². The van der Waals surface area contributed by atoms with Crippen LogP contribution < -0.4 is 10.1 Å². The van der Waals surface area contributed by atoms with Crippen molar-refractivity contribution in [2.45, 2.75) is 30.0 Å². The molecule has 1 N–H and O–H groups in total. The maximum atomic E-state index is 12.6. The van der Waals surface area contributed by atoms with E-state index in [0.29, 0.717) is 10.9 Å². The summed E-state index contributed by atoms with van der Waals surface area (Å²) in [6, 6.07) is 17.9. The molecule has 6 nitrogen and oxygen atoms in total. The van der Waals surface area contributed by atoms with E-state index in [4.69, 9.17) is 4.74 Å². The first-order valence-electron chi connectivity index (χ1n) is 9.24. The topological polar surface area (TPSA) is 69.0 Å². The molecule has 1 aromatic heterocycles. The molecule has 0 spiro atoms. The van der Waals surface area contributed by atoms with Gasteiger partial charge in [0.15, 0.2) is 5.16 Å². The first-order valence-corrected chi connectivity index (χ1v) is 10.2. The summed E-state index contributed by atoms with van der Waals surface area (Å²) in [7, 11) is 1.64. The van der Waals surface area contributed by atoms with Crippen LogP contribution >= 0.6 is 11.8 Å². The van der Waals surface area contributed by atoms with Crippen molar-refractivity contribution >= 4 is 17.7 Å². The smallest absolute Gasteiger partial charge is 0.231 e. The Bertz CT molecular complexity index is 937. The molecule has 1 saturated carbocycles. The van der Waals surface area contributed by atoms with Gasteiger partial charge in [0.25, 0.3) is 0 Å². The van der Waals surface area contributed by atoms with Gasteiger partial charge < -0.3 is 10.1 Å². The number of nitrogens with one attached hydrogen (secondary N) is 1. The summed E-state index contributed by atoms with van der Waals surface area (Å²) in [5.41, 5.74) is 1.89. The first kappa shape index (κ1) is 18.6. The van der Waals surface area contributed by atoms with Gasteiger partial charge in [-0.2, -0.15) is 0 Å². The van der Waals surface area contributed by atoms with E-state index in [2.05, 4.69) is 27.6 Å². The highest BCUT2D eigenvalue weighted by Crippen LogP contribution is 2.41. The Morgan fingerprint density at radius 2 is 1.93 bits per heavy atom. The molecule has 0 radical (unpaired) electrons. The predicted octanol–water partition coefficient (Wildman–Crippen LogP) is 3.56. The highest BCUT2D eigenvalue weighted by Gasteiger charge is 2.39. The van der Waals surface area contributed by atoms with E-state index in [1.165, 1.54) is 17.3 Å². The van der Waals surface area contributed by atoms with Crippen molar-refractivity contribution in [2.75, 3.05) is 12.9 Å². The number of aromatic nitrogens is 3. The average Bonchev–Trinajstić information content (AvgIpc) is 3.18. The molecule has 1 aliphatic rings. The zero-order valence-corrected chi connectivity index (χ0v) is 16.5. The second-order valence-electron chi connectivity index (χ2n) is 6.82. The number of benzene rings is 2. The third kappa shape index (κ3) is 3.75. The van der Waals surface area contributed by atoms with Gasteiger partial charge in [0.1, 0.15) is 12.1 Å². The lowest BCUT2D eigenvalue weighted by molar-refractivity contribution is -0.121. The normalized spacial score (nSPS) is 14.9. The minimum Gasteiger partial charge on any atom is -0.497 e. The number of thioether (sulfide) groups is 1. The number of methoxy groups -OCH3 is 1. The van der Waals surface area contributed by atoms with E-state index in [1.54, 1.807) is 13.4 Å². The largest absolute Gasteiger partial charge is 0.497 e. The molecule has 4 rings (SSSR count). The van der Waals surface area contributed by atoms with Crippen LogP contribution in [0.4, 0.5) is 0 Å². The molecular weight excluding hydrogens is 372 g/mol. The van der Waals surface area contributed by atoms with Crippen LogP contribution in [0.15, 0.2) is 66.1 Å². The van der Waals surface area contributed by atoms with Crippen LogP contribution in [0.5, 0.6) is 5.75 Å². The molecule has 0 saturated heterocycles. The Hall–Kier alpha value is -2.80. The highest BCUT2D eigenvalue weighted by atomic mass is 32.2. The monoisotopic (exact) mass is 394 g/mol. The number of rotatable bonds is 7. The molecular formula is C21H22N4O2S. The number of hydrogen-bond donors (Lipinski definition) is 1. The van der Waals surface area contributed by atoms with Gasteiger partial charge in [-0.1, -0.05) is 42.1 Å². The molecule has 28 heavy (non-hydrogen) atoms. The fraction of sp³-hybridized carbons (Fsp3) is 0.286. The second kappa shape index (κ2) is 8.06. The van der Waals surface area contributed by atoms with Crippen molar-refractivity contribution in [3.63, 3.8) is 0 Å². The highest BCUT2D eigenvalue weighted by molar-refractivity contribution is 7.99. The van der Waals surface area contributed by atoms with Gasteiger partial charge in [-0.3, -0.25) is 9.36 Å². The maximum absolute atomic E-state index is 12.6. The van der Waals surface area contributed by atoms with Crippen molar-refractivity contribution in [3.8, 4) is 11.4 Å². The Morgan fingerprint density at radius 1 is 1.18 bits per heavy atom. The van der Waals surface area contributed by atoms with Crippen LogP contribution in [0.25, 0.3) is 5.69 Å². The van der Waals surface area contributed by atoms with E-state index in [-0.39, 0.29) is 11.4 Å². The third-order valence-corrected chi connectivity index (χ3v) is 6.05. The molecule has 0 aliphatic heterocycles. The summed E-state index contributed by atoms with van der Waals surface area (Å²) in [6.45, 7) is 0. The Balaban J connectivity index is 1.41. The Kier molecular flexibility index (Phi) is 5.34. The summed E-state index contributed by atoms with van der Waals surface area (Å²) >= 11 is 1.38. The van der Waals surface area contributed by atoms with Gasteiger partial charge in [0.05, 0.1) is 18.4 Å². The summed E-state index contributed by atoms with van der Waals surface area (Å²) in [5.74, 6) is 1.10. The van der Waals surface area contributed by atoms with E-state index in [1.807, 2.05) is 47.0 Å². The molecule has 7 heteroatoms. The SMILES string of the molecule is COc1ccc(-n2cnnc2SCC(=O)NC2(c3ccccc3)CCC2)cc1. The number of carbonyl (C=O) groups is 1. The summed E-state index contributed by atoms with van der Waals surface area (Å²) in [4.78, 5) is 12.6. The van der Waals surface area contributed by atoms with Crippen LogP contribution in [0, 0.1) is 0 Å². The zero-order valence-electron chi connectivity index (χ0n) is 15.7. The van der Waals surface area contributed by atoms with Gasteiger partial charge in [0.2, 0.25) is 5.91 Å². The lowest BCUT2D eigenvalue weighted by atomic mass is 9.72. The standard InChI is InChI=1S/C21H22N4O2S/c1-27-18-10-8-17(9-11-18)25-15-22-24-20(25)28-14-19(26)23-21(12-5-13-21)16-6-3-2-4-7-16/h2-4,6-11,15H,5,12-14H2,1H3,(H,23,26). The van der Waals surface area contributed by atoms with Gasteiger partial charge in [-0.15, -0.1) is 10.2 Å². The van der Waals surface area contributed by atoms with E-state index in [0.717, 1.165) is 30.7 Å². The molecule has 0 atom stereocenters. The molecule has 2 aromatic carbocycles. The van der Waals surface area contributed by atoms with E-state index in [9.17, 15) is 4.79 Å². The third-order valence-electron chi connectivity index (χ3n) is 5.11. The molecule has 0 bridgehead atoms. The van der Waals surface area contributed by atoms with E-state index >= 15 is 0 Å². The summed E-state index contributed by atoms with van der Waals surface area (Å²) < 4.78 is 7.06. The molecule has 1 amide bonds. The van der Waals surface area contributed by atoms with Crippen LogP contribution in [-0.2, 0) is 10.3 Å². The number of nitrogens with zero attached hydrogens (tertiary/aromatic N) is 3. The van der Waals surface area contributed by atoms with Gasteiger partial charge in [-0.05, 0) is 49.1 Å². The van der Waals surface area contributed by atoms with Gasteiger partial charge in [0, 0.05) is 5.69 Å². The summed E-state index contributed by atoms with van der Waals surface area (Å²) in [5, 5.41) is 12.1. The van der Waals surface area contributed by atoms with Gasteiger partial charge in [-0.25, -0.2) is 0 Å². The van der Waals surface area contributed by atoms with Gasteiger partial charge >= 0.3 is 0 Å². The zero-order chi connectivity index (χ0) is 19.4. The van der Waals surface area contributed by atoms with E-state index < -0.39 is 0 Å². The minimum atomic E-state index is -0.220. The minimum absolute atomic E-state index is 0.0119. The van der Waals surface area contributed by atoms with Crippen molar-refractivity contribution in [1.82, 2.24) is 20.1 Å². The number of amides is 1. The van der Waals surface area contributed by atoms with Crippen molar-refractivity contribution < 1.29 is 9.53 Å². The molecule has 1 heterocycles. The lowest BCUT2D eigenvalue weighted by Crippen LogP contribution is -2.51. The fourth-order valence-electron chi connectivity index (χ4n) is 3.45. The second-order valence-corrected chi connectivity index (χ2v) is 7.76. The molecule has 144 valence electrons. The molecule has 0 unspecified atom stereocenters. The lowest BCUT2D eigenvalue weighted by Gasteiger charge is -2.43. The van der Waals surface area contributed by atoms with Crippen LogP contribution in [-0.4, -0.2) is 33.5 Å². The number of ether oxygens (including phenoxy) is 1. The molecule has 1 fully saturated rings. The maximum Gasteiger partial charge on any atom is 0.231 e. The fourth-order valence-corrected chi connectivity index (χ4v) is 4.18. The van der Waals surface area contributed by atoms with Crippen molar-refractivity contribution in [1.29, 1.82) is 0 Å². The van der Waals surface area contributed by atoms with Crippen LogP contribution in [0.1, 0.15) is 24.8 Å². The van der Waals surface area contributed by atoms with Crippen LogP contribution in [0.3, 0.4) is 0 Å². The quantitative estimate of drug-likeness (QED) is 0.621. The first-order chi connectivity index (χ1) is 13.7. The average molecular weight is 395 g/mol. The van der Waals surface area contributed by atoms with Crippen molar-refractivity contribution in [2.24, 2.45) is 0 Å². The Morgan fingerprint density at radius 3 is 2.57 bits per heavy atom. The predicted molar refractivity (Wildman–Crippen MR) is 109 cm³/mol. The number of carbonyl (C=O) groups excluding carboxylic acids is 1. The summed E-state index contributed by atoms with van der Waals surface area (Å²) in [6.07, 6.45) is 4.75. The number of hydrogen-bond acceptors (Lipinski definition) is 5. The Labute approximate surface area is 168 Å². The molecule has 3 aromatic rings. The van der Waals surface area contributed by atoms with Crippen LogP contribution in [0.2, 0.25) is 0 Å². The molecule has 1 aliphatic carbocycles.